The minimum Gasteiger partial charge on any atom is -0.331 e. The number of hydrogen-bond acceptors (Lipinski definition) is 4. The Morgan fingerprint density at radius 2 is 2.15 bits per heavy atom. The molecule has 1 aliphatic rings. The summed E-state index contributed by atoms with van der Waals surface area (Å²) in [6.45, 7) is 0.639. The second-order valence-corrected chi connectivity index (χ2v) is 6.43. The Labute approximate surface area is 150 Å². The van der Waals surface area contributed by atoms with Gasteiger partial charge in [-0.25, -0.2) is 0 Å². The van der Waals surface area contributed by atoms with Gasteiger partial charge < -0.3 is 9.88 Å². The molecule has 0 saturated carbocycles. The molecule has 4 heterocycles. The number of rotatable bonds is 3. The Balaban J connectivity index is 1.63. The molecule has 3 aromatic rings. The van der Waals surface area contributed by atoms with E-state index in [0.717, 1.165) is 18.4 Å². The highest BCUT2D eigenvalue weighted by atomic mass is 16.2. The fraction of sp³-hybridized carbons (Fsp3) is 0.263. The maximum absolute atomic E-state index is 13.0. The van der Waals surface area contributed by atoms with Crippen LogP contribution >= 0.6 is 0 Å². The number of carbonyl (C=O) groups excluding carboxylic acids is 1. The van der Waals surface area contributed by atoms with Crippen LogP contribution in [0.3, 0.4) is 0 Å². The van der Waals surface area contributed by atoms with Crippen molar-refractivity contribution in [3.8, 4) is 11.4 Å². The molecule has 1 saturated heterocycles. The van der Waals surface area contributed by atoms with E-state index in [4.69, 9.17) is 0 Å². The van der Waals surface area contributed by atoms with Gasteiger partial charge in [0.05, 0.1) is 23.6 Å². The number of aryl methyl sites for hydroxylation is 1. The first-order valence-corrected chi connectivity index (χ1v) is 8.58. The number of amides is 1. The third kappa shape index (κ3) is 2.92. The molecule has 1 N–H and O–H groups in total. The zero-order chi connectivity index (χ0) is 18.1. The predicted octanol–water partition coefficient (Wildman–Crippen LogP) is 2.15. The molecule has 1 fully saturated rings. The lowest BCUT2D eigenvalue weighted by molar-refractivity contribution is 0.0734. The SMILES string of the molecule is Cn1cc([C@H]2CCCN2C(=O)c2ccc(-c3ccccn3)[nH]c2=O)cn1. The van der Waals surface area contributed by atoms with Crippen LogP contribution in [0.2, 0.25) is 0 Å². The summed E-state index contributed by atoms with van der Waals surface area (Å²) in [6.07, 6.45) is 7.15. The molecule has 0 aliphatic carbocycles. The lowest BCUT2D eigenvalue weighted by atomic mass is 10.1. The van der Waals surface area contributed by atoms with Gasteiger partial charge in [-0.1, -0.05) is 6.07 Å². The monoisotopic (exact) mass is 349 g/mol. The highest BCUT2D eigenvalue weighted by Gasteiger charge is 2.32. The van der Waals surface area contributed by atoms with Crippen molar-refractivity contribution >= 4 is 5.91 Å². The number of aromatic amines is 1. The maximum atomic E-state index is 13.0. The minimum absolute atomic E-state index is 0.0360. The first-order chi connectivity index (χ1) is 12.6. The van der Waals surface area contributed by atoms with Crippen LogP contribution in [-0.4, -0.2) is 37.1 Å². The van der Waals surface area contributed by atoms with Crippen LogP contribution in [0, 0.1) is 0 Å². The van der Waals surface area contributed by atoms with Gasteiger partial charge in [-0.3, -0.25) is 19.3 Å². The average molecular weight is 349 g/mol. The summed E-state index contributed by atoms with van der Waals surface area (Å²) in [4.78, 5) is 34.2. The third-order valence-corrected chi connectivity index (χ3v) is 4.70. The Kier molecular flexibility index (Phi) is 4.12. The topological polar surface area (TPSA) is 83.9 Å². The van der Waals surface area contributed by atoms with E-state index in [1.165, 1.54) is 0 Å². The lowest BCUT2D eigenvalue weighted by Crippen LogP contribution is -2.34. The molecule has 7 nitrogen and oxygen atoms in total. The fourth-order valence-corrected chi connectivity index (χ4v) is 3.44. The molecule has 0 bridgehead atoms. The van der Waals surface area contributed by atoms with Crippen LogP contribution in [-0.2, 0) is 7.05 Å². The average Bonchev–Trinajstić information content (AvgIpc) is 3.30. The smallest absolute Gasteiger partial charge is 0.261 e. The Morgan fingerprint density at radius 1 is 1.27 bits per heavy atom. The minimum atomic E-state index is -0.394. The summed E-state index contributed by atoms with van der Waals surface area (Å²) in [5.74, 6) is -0.245. The van der Waals surface area contributed by atoms with Crippen molar-refractivity contribution in [2.24, 2.45) is 7.05 Å². The first kappa shape index (κ1) is 16.3. The van der Waals surface area contributed by atoms with Gasteiger partial charge in [-0.05, 0) is 37.1 Å². The van der Waals surface area contributed by atoms with Crippen LogP contribution in [0.4, 0.5) is 0 Å². The molecular formula is C19H19N5O2. The fourth-order valence-electron chi connectivity index (χ4n) is 3.44. The molecule has 0 radical (unpaired) electrons. The highest BCUT2D eigenvalue weighted by Crippen LogP contribution is 2.32. The zero-order valence-electron chi connectivity index (χ0n) is 14.4. The zero-order valence-corrected chi connectivity index (χ0v) is 14.4. The van der Waals surface area contributed by atoms with Gasteiger partial charge in [0.1, 0.15) is 5.56 Å². The number of H-pyrrole nitrogens is 1. The van der Waals surface area contributed by atoms with E-state index in [1.54, 1.807) is 34.1 Å². The molecule has 0 aromatic carbocycles. The van der Waals surface area contributed by atoms with Gasteiger partial charge in [-0.2, -0.15) is 5.10 Å². The van der Waals surface area contributed by atoms with Crippen molar-refractivity contribution in [2.75, 3.05) is 6.54 Å². The predicted molar refractivity (Wildman–Crippen MR) is 96.5 cm³/mol. The van der Waals surface area contributed by atoms with E-state index in [-0.39, 0.29) is 17.5 Å². The number of aromatic nitrogens is 4. The van der Waals surface area contributed by atoms with Crippen molar-refractivity contribution in [1.82, 2.24) is 24.6 Å². The number of hydrogen-bond donors (Lipinski definition) is 1. The van der Waals surface area contributed by atoms with Gasteiger partial charge in [0.15, 0.2) is 0 Å². The van der Waals surface area contributed by atoms with Gasteiger partial charge in [0, 0.05) is 31.5 Å². The van der Waals surface area contributed by atoms with Gasteiger partial charge in [0.25, 0.3) is 11.5 Å². The summed E-state index contributed by atoms with van der Waals surface area (Å²) in [6, 6.07) is 8.75. The van der Waals surface area contributed by atoms with E-state index >= 15 is 0 Å². The molecule has 1 aliphatic heterocycles. The number of pyridine rings is 2. The summed E-state index contributed by atoms with van der Waals surface area (Å²) < 4.78 is 1.73. The second kappa shape index (κ2) is 6.59. The lowest BCUT2D eigenvalue weighted by Gasteiger charge is -2.23. The van der Waals surface area contributed by atoms with E-state index < -0.39 is 5.56 Å². The van der Waals surface area contributed by atoms with E-state index in [0.29, 0.717) is 17.9 Å². The van der Waals surface area contributed by atoms with Crippen LogP contribution in [0.1, 0.15) is 34.8 Å². The van der Waals surface area contributed by atoms with Crippen molar-refractivity contribution in [3.63, 3.8) is 0 Å². The largest absolute Gasteiger partial charge is 0.331 e. The number of nitrogens with one attached hydrogen (secondary N) is 1. The molecule has 4 rings (SSSR count). The van der Waals surface area contributed by atoms with Gasteiger partial charge in [0.2, 0.25) is 0 Å². The molecule has 3 aromatic heterocycles. The van der Waals surface area contributed by atoms with Crippen LogP contribution in [0.5, 0.6) is 0 Å². The standard InChI is InChI=1S/C19H19N5O2/c1-23-12-13(11-21-23)17-6-4-10-24(17)19(26)14-7-8-16(22-18(14)25)15-5-2-3-9-20-15/h2-3,5,7-9,11-12,17H,4,6,10H2,1H3,(H,22,25)/t17-/m1/s1. The number of likely N-dealkylation sites (tertiary alicyclic amines) is 1. The van der Waals surface area contributed by atoms with E-state index in [9.17, 15) is 9.59 Å². The normalized spacial score (nSPS) is 16.8. The molecule has 0 unspecified atom stereocenters. The van der Waals surface area contributed by atoms with Crippen LogP contribution in [0.15, 0.2) is 53.7 Å². The molecule has 26 heavy (non-hydrogen) atoms. The summed E-state index contributed by atoms with van der Waals surface area (Å²) in [7, 11) is 1.85. The molecule has 7 heteroatoms. The van der Waals surface area contributed by atoms with Crippen LogP contribution in [0.25, 0.3) is 11.4 Å². The Bertz CT molecular complexity index is 992. The number of nitrogens with zero attached hydrogens (tertiary/aromatic N) is 4. The molecule has 0 spiro atoms. The van der Waals surface area contributed by atoms with Gasteiger partial charge >= 0.3 is 0 Å². The molecular weight excluding hydrogens is 330 g/mol. The molecule has 132 valence electrons. The summed E-state index contributed by atoms with van der Waals surface area (Å²) >= 11 is 0. The quantitative estimate of drug-likeness (QED) is 0.785. The molecule has 1 amide bonds. The molecule has 1 atom stereocenters. The first-order valence-electron chi connectivity index (χ1n) is 8.58. The summed E-state index contributed by atoms with van der Waals surface area (Å²) in [5, 5.41) is 4.19. The van der Waals surface area contributed by atoms with Crippen molar-refractivity contribution in [3.05, 3.63) is 70.4 Å². The van der Waals surface area contributed by atoms with Crippen LogP contribution < -0.4 is 5.56 Å². The van der Waals surface area contributed by atoms with Gasteiger partial charge in [-0.15, -0.1) is 0 Å². The Morgan fingerprint density at radius 3 is 2.85 bits per heavy atom. The van der Waals surface area contributed by atoms with E-state index in [1.807, 2.05) is 31.4 Å². The third-order valence-electron chi connectivity index (χ3n) is 4.70. The van der Waals surface area contributed by atoms with E-state index in [2.05, 4.69) is 15.1 Å². The number of carbonyl (C=O) groups is 1. The van der Waals surface area contributed by atoms with Crippen molar-refractivity contribution in [1.29, 1.82) is 0 Å². The second-order valence-electron chi connectivity index (χ2n) is 6.43. The van der Waals surface area contributed by atoms with Crippen molar-refractivity contribution in [2.45, 2.75) is 18.9 Å². The summed E-state index contributed by atoms with van der Waals surface area (Å²) in [5.41, 5.74) is 2.02. The maximum Gasteiger partial charge on any atom is 0.261 e. The highest BCUT2D eigenvalue weighted by molar-refractivity contribution is 5.94. The van der Waals surface area contributed by atoms with Crippen molar-refractivity contribution < 1.29 is 4.79 Å². The Hall–Kier alpha value is -3.22.